The van der Waals surface area contributed by atoms with Crippen LogP contribution in [0.5, 0.6) is 0 Å². The van der Waals surface area contributed by atoms with E-state index in [9.17, 15) is 4.79 Å². The van der Waals surface area contributed by atoms with Crippen molar-refractivity contribution in [1.82, 2.24) is 15.2 Å². The Morgan fingerprint density at radius 2 is 2.04 bits per heavy atom. The van der Waals surface area contributed by atoms with Crippen molar-refractivity contribution in [2.24, 2.45) is 0 Å². The molecule has 1 aliphatic rings. The fourth-order valence-electron chi connectivity index (χ4n) is 3.59. The number of nitrogens with zero attached hydrogens (tertiary/aromatic N) is 1. The summed E-state index contributed by atoms with van der Waals surface area (Å²) in [5, 5.41) is 4.38. The molecule has 3 rings (SSSR count). The number of amides is 1. The third kappa shape index (κ3) is 3.27. The van der Waals surface area contributed by atoms with Gasteiger partial charge >= 0.3 is 0 Å². The lowest BCUT2D eigenvalue weighted by molar-refractivity contribution is -0.126. The Labute approximate surface area is 138 Å². The standard InChI is InChI=1S/C19H27N3O/c1-4-18(22-9-5-6-10-22)19(23)20-12-15-7-8-17-16(11-15)13(2)14(3)21-17/h7-8,11,18,21H,4-6,9-10,12H2,1-3H3,(H,20,23). The number of fused-ring (bicyclic) bond motifs is 1. The second kappa shape index (κ2) is 6.75. The summed E-state index contributed by atoms with van der Waals surface area (Å²) in [4.78, 5) is 18.2. The van der Waals surface area contributed by atoms with Gasteiger partial charge in [0, 0.05) is 23.1 Å². The molecule has 0 bridgehead atoms. The molecule has 2 aromatic rings. The average Bonchev–Trinajstić information content (AvgIpc) is 3.16. The zero-order valence-electron chi connectivity index (χ0n) is 14.4. The molecule has 124 valence electrons. The van der Waals surface area contributed by atoms with Crippen LogP contribution in [-0.2, 0) is 11.3 Å². The van der Waals surface area contributed by atoms with E-state index in [1.165, 1.54) is 35.0 Å². The summed E-state index contributed by atoms with van der Waals surface area (Å²) in [6.45, 7) is 9.04. The molecule has 0 saturated carbocycles. The number of nitrogens with one attached hydrogen (secondary N) is 2. The fraction of sp³-hybridized carbons (Fsp3) is 0.526. The molecule has 0 aliphatic carbocycles. The number of benzene rings is 1. The van der Waals surface area contributed by atoms with Crippen molar-refractivity contribution in [3.8, 4) is 0 Å². The number of aryl methyl sites for hydroxylation is 2. The van der Waals surface area contributed by atoms with Crippen LogP contribution in [0.1, 0.15) is 43.0 Å². The van der Waals surface area contributed by atoms with E-state index in [0.29, 0.717) is 6.54 Å². The normalized spacial score (nSPS) is 16.8. The molecular weight excluding hydrogens is 286 g/mol. The van der Waals surface area contributed by atoms with Crippen LogP contribution in [-0.4, -0.2) is 34.9 Å². The molecule has 1 aromatic carbocycles. The van der Waals surface area contributed by atoms with Crippen molar-refractivity contribution in [3.05, 3.63) is 35.0 Å². The third-order valence-corrected chi connectivity index (χ3v) is 5.11. The number of H-pyrrole nitrogens is 1. The number of aromatic amines is 1. The van der Waals surface area contributed by atoms with Gasteiger partial charge in [-0.3, -0.25) is 9.69 Å². The van der Waals surface area contributed by atoms with Crippen LogP contribution >= 0.6 is 0 Å². The van der Waals surface area contributed by atoms with Gasteiger partial charge in [-0.15, -0.1) is 0 Å². The summed E-state index contributed by atoms with van der Waals surface area (Å²) >= 11 is 0. The van der Waals surface area contributed by atoms with E-state index < -0.39 is 0 Å². The van der Waals surface area contributed by atoms with E-state index >= 15 is 0 Å². The van der Waals surface area contributed by atoms with E-state index in [1.807, 2.05) is 0 Å². The van der Waals surface area contributed by atoms with Gasteiger partial charge in [-0.05, 0) is 69.5 Å². The molecule has 0 radical (unpaired) electrons. The highest BCUT2D eigenvalue weighted by Crippen LogP contribution is 2.22. The number of likely N-dealkylation sites (tertiary alicyclic amines) is 1. The van der Waals surface area contributed by atoms with Crippen LogP contribution in [0.3, 0.4) is 0 Å². The molecule has 1 saturated heterocycles. The lowest BCUT2D eigenvalue weighted by Gasteiger charge is -2.25. The number of aromatic nitrogens is 1. The molecule has 0 spiro atoms. The van der Waals surface area contributed by atoms with Crippen LogP contribution in [0.4, 0.5) is 0 Å². The molecule has 1 atom stereocenters. The molecular formula is C19H27N3O. The summed E-state index contributed by atoms with van der Waals surface area (Å²) < 4.78 is 0. The van der Waals surface area contributed by atoms with E-state index in [2.05, 4.69) is 54.2 Å². The minimum atomic E-state index is 0.0254. The maximum Gasteiger partial charge on any atom is 0.237 e. The Balaban J connectivity index is 1.67. The Hall–Kier alpha value is -1.81. The van der Waals surface area contributed by atoms with Crippen molar-refractivity contribution >= 4 is 16.8 Å². The molecule has 1 amide bonds. The highest BCUT2D eigenvalue weighted by Gasteiger charge is 2.26. The first kappa shape index (κ1) is 16.1. The van der Waals surface area contributed by atoms with Gasteiger partial charge in [-0.1, -0.05) is 13.0 Å². The molecule has 1 aromatic heterocycles. The van der Waals surface area contributed by atoms with Crippen molar-refractivity contribution in [2.75, 3.05) is 13.1 Å². The van der Waals surface area contributed by atoms with Crippen LogP contribution in [0, 0.1) is 13.8 Å². The second-order valence-electron chi connectivity index (χ2n) is 6.64. The van der Waals surface area contributed by atoms with Gasteiger partial charge < -0.3 is 10.3 Å². The van der Waals surface area contributed by atoms with Gasteiger partial charge in [-0.2, -0.15) is 0 Å². The summed E-state index contributed by atoms with van der Waals surface area (Å²) in [6.07, 6.45) is 3.31. The number of hydrogen-bond acceptors (Lipinski definition) is 2. The second-order valence-corrected chi connectivity index (χ2v) is 6.64. The summed E-state index contributed by atoms with van der Waals surface area (Å²) in [6, 6.07) is 6.41. The smallest absolute Gasteiger partial charge is 0.237 e. The highest BCUT2D eigenvalue weighted by atomic mass is 16.2. The summed E-state index contributed by atoms with van der Waals surface area (Å²) in [5.74, 6) is 0.163. The van der Waals surface area contributed by atoms with E-state index in [0.717, 1.165) is 25.1 Å². The van der Waals surface area contributed by atoms with Gasteiger partial charge in [0.25, 0.3) is 0 Å². The first-order valence-electron chi connectivity index (χ1n) is 8.69. The maximum absolute atomic E-state index is 12.5. The minimum absolute atomic E-state index is 0.0254. The molecule has 23 heavy (non-hydrogen) atoms. The van der Waals surface area contributed by atoms with Crippen molar-refractivity contribution in [3.63, 3.8) is 0 Å². The van der Waals surface area contributed by atoms with Gasteiger partial charge in [0.1, 0.15) is 0 Å². The number of rotatable bonds is 5. The Morgan fingerprint density at radius 1 is 1.30 bits per heavy atom. The Morgan fingerprint density at radius 3 is 2.74 bits per heavy atom. The van der Waals surface area contributed by atoms with Crippen LogP contribution in [0.2, 0.25) is 0 Å². The van der Waals surface area contributed by atoms with E-state index in [4.69, 9.17) is 0 Å². The number of carbonyl (C=O) groups excluding carboxylic acids is 1. The predicted octanol–water partition coefficient (Wildman–Crippen LogP) is 3.28. The SMILES string of the molecule is CCC(C(=O)NCc1ccc2[nH]c(C)c(C)c2c1)N1CCCC1. The largest absolute Gasteiger partial charge is 0.358 e. The average molecular weight is 313 g/mol. The molecule has 4 nitrogen and oxygen atoms in total. The first-order valence-corrected chi connectivity index (χ1v) is 8.69. The zero-order valence-corrected chi connectivity index (χ0v) is 14.4. The molecule has 2 heterocycles. The molecule has 2 N–H and O–H groups in total. The third-order valence-electron chi connectivity index (χ3n) is 5.11. The monoisotopic (exact) mass is 313 g/mol. The predicted molar refractivity (Wildman–Crippen MR) is 94.5 cm³/mol. The molecule has 1 unspecified atom stereocenters. The van der Waals surface area contributed by atoms with Crippen LogP contribution < -0.4 is 5.32 Å². The highest BCUT2D eigenvalue weighted by molar-refractivity contribution is 5.85. The maximum atomic E-state index is 12.5. The number of hydrogen-bond donors (Lipinski definition) is 2. The van der Waals surface area contributed by atoms with E-state index in [1.54, 1.807) is 0 Å². The van der Waals surface area contributed by atoms with Crippen molar-refractivity contribution in [2.45, 2.75) is 52.6 Å². The minimum Gasteiger partial charge on any atom is -0.358 e. The summed E-state index contributed by atoms with van der Waals surface area (Å²) in [7, 11) is 0. The summed E-state index contributed by atoms with van der Waals surface area (Å²) in [5.41, 5.74) is 4.82. The first-order chi connectivity index (χ1) is 11.1. The molecule has 4 heteroatoms. The van der Waals surface area contributed by atoms with Gasteiger partial charge in [0.2, 0.25) is 5.91 Å². The van der Waals surface area contributed by atoms with Crippen molar-refractivity contribution in [1.29, 1.82) is 0 Å². The van der Waals surface area contributed by atoms with Crippen LogP contribution in [0.15, 0.2) is 18.2 Å². The Bertz CT molecular complexity index is 698. The van der Waals surface area contributed by atoms with Gasteiger partial charge in [-0.25, -0.2) is 0 Å². The fourth-order valence-corrected chi connectivity index (χ4v) is 3.59. The Kier molecular flexibility index (Phi) is 4.71. The quantitative estimate of drug-likeness (QED) is 0.890. The van der Waals surface area contributed by atoms with Gasteiger partial charge in [0.05, 0.1) is 6.04 Å². The van der Waals surface area contributed by atoms with E-state index in [-0.39, 0.29) is 11.9 Å². The van der Waals surface area contributed by atoms with Crippen LogP contribution in [0.25, 0.3) is 10.9 Å². The number of carbonyl (C=O) groups is 1. The van der Waals surface area contributed by atoms with Crippen molar-refractivity contribution < 1.29 is 4.79 Å². The topological polar surface area (TPSA) is 48.1 Å². The zero-order chi connectivity index (χ0) is 16.4. The lowest BCUT2D eigenvalue weighted by atomic mass is 10.1. The molecule has 1 aliphatic heterocycles. The molecule has 1 fully saturated rings. The van der Waals surface area contributed by atoms with Gasteiger partial charge in [0.15, 0.2) is 0 Å². The lowest BCUT2D eigenvalue weighted by Crippen LogP contribution is -2.45.